The number of ether oxygens (including phenoxy) is 1. The number of carbonyl (C=O) groups excluding carboxylic acids is 1. The number of aryl methyl sites for hydroxylation is 1. The second kappa shape index (κ2) is 6.70. The molecule has 0 saturated carbocycles. The number of benzene rings is 1. The normalized spacial score (nSPS) is 10.2. The number of hydrogen-bond acceptors (Lipinski definition) is 4. The molecule has 1 aromatic heterocycles. The standard InChI is InChI=1S/C14H14IN3O3/c1-9-13(15)14(20)18(8-16-9)7-12(19)17-10-5-3-4-6-11(10)21-2/h3-6,8H,7H2,1-2H3,(H,17,19). The topological polar surface area (TPSA) is 73.2 Å². The number of amides is 1. The maximum atomic E-state index is 12.0. The molecule has 0 unspecified atom stereocenters. The number of aromatic nitrogens is 2. The van der Waals surface area contributed by atoms with Crippen molar-refractivity contribution in [1.82, 2.24) is 9.55 Å². The Bertz CT molecular complexity index is 728. The Balaban J connectivity index is 2.16. The smallest absolute Gasteiger partial charge is 0.267 e. The van der Waals surface area contributed by atoms with E-state index in [1.807, 2.05) is 28.7 Å². The van der Waals surface area contributed by atoms with E-state index in [1.165, 1.54) is 18.0 Å². The fraction of sp³-hybridized carbons (Fsp3) is 0.214. The van der Waals surface area contributed by atoms with E-state index in [1.54, 1.807) is 25.1 Å². The van der Waals surface area contributed by atoms with E-state index in [2.05, 4.69) is 10.3 Å². The van der Waals surface area contributed by atoms with Gasteiger partial charge in [0.05, 0.1) is 28.4 Å². The second-order valence-electron chi connectivity index (χ2n) is 4.33. The van der Waals surface area contributed by atoms with E-state index in [4.69, 9.17) is 4.74 Å². The van der Waals surface area contributed by atoms with E-state index in [0.29, 0.717) is 20.7 Å². The Hall–Kier alpha value is -1.90. The largest absolute Gasteiger partial charge is 0.495 e. The fourth-order valence-electron chi connectivity index (χ4n) is 1.75. The highest BCUT2D eigenvalue weighted by atomic mass is 127. The van der Waals surface area contributed by atoms with Crippen molar-refractivity contribution >= 4 is 34.2 Å². The number of halogens is 1. The van der Waals surface area contributed by atoms with E-state index >= 15 is 0 Å². The SMILES string of the molecule is COc1ccccc1NC(=O)Cn1cnc(C)c(I)c1=O. The first-order valence-electron chi connectivity index (χ1n) is 6.17. The number of methoxy groups -OCH3 is 1. The molecule has 7 heteroatoms. The lowest BCUT2D eigenvalue weighted by Crippen LogP contribution is -2.30. The summed E-state index contributed by atoms with van der Waals surface area (Å²) < 4.78 is 6.95. The third-order valence-electron chi connectivity index (χ3n) is 2.85. The number of nitrogens with one attached hydrogen (secondary N) is 1. The van der Waals surface area contributed by atoms with Crippen LogP contribution in [-0.4, -0.2) is 22.6 Å². The lowest BCUT2D eigenvalue weighted by Gasteiger charge is -2.11. The van der Waals surface area contributed by atoms with Gasteiger partial charge in [-0.15, -0.1) is 0 Å². The molecule has 1 N–H and O–H groups in total. The predicted octanol–water partition coefficient (Wildman–Crippen LogP) is 1.80. The zero-order valence-electron chi connectivity index (χ0n) is 11.6. The molecule has 0 saturated heterocycles. The van der Waals surface area contributed by atoms with E-state index in [-0.39, 0.29) is 18.0 Å². The minimum atomic E-state index is -0.317. The summed E-state index contributed by atoms with van der Waals surface area (Å²) in [4.78, 5) is 28.1. The molecule has 0 aliphatic rings. The second-order valence-corrected chi connectivity index (χ2v) is 5.40. The molecule has 21 heavy (non-hydrogen) atoms. The molecule has 1 heterocycles. The third kappa shape index (κ3) is 3.60. The maximum Gasteiger partial charge on any atom is 0.267 e. The van der Waals surface area contributed by atoms with Crippen molar-refractivity contribution in [2.75, 3.05) is 12.4 Å². The summed E-state index contributed by atoms with van der Waals surface area (Å²) in [6.45, 7) is 1.66. The van der Waals surface area contributed by atoms with Crippen LogP contribution in [0.4, 0.5) is 5.69 Å². The Morgan fingerprint density at radius 3 is 2.86 bits per heavy atom. The molecular formula is C14H14IN3O3. The van der Waals surface area contributed by atoms with Gasteiger partial charge in [0.25, 0.3) is 5.56 Å². The summed E-state index contributed by atoms with van der Waals surface area (Å²) in [5, 5.41) is 2.72. The van der Waals surface area contributed by atoms with Crippen LogP contribution in [0.25, 0.3) is 0 Å². The molecule has 0 atom stereocenters. The van der Waals surface area contributed by atoms with Crippen LogP contribution in [0, 0.1) is 10.5 Å². The van der Waals surface area contributed by atoms with Gasteiger partial charge in [-0.25, -0.2) is 4.98 Å². The Kier molecular flexibility index (Phi) is 4.94. The quantitative estimate of drug-likeness (QED) is 0.797. The van der Waals surface area contributed by atoms with E-state index in [0.717, 1.165) is 0 Å². The number of nitrogens with zero attached hydrogens (tertiary/aromatic N) is 2. The molecule has 0 bridgehead atoms. The Morgan fingerprint density at radius 1 is 1.43 bits per heavy atom. The first-order chi connectivity index (χ1) is 10.0. The molecule has 0 aliphatic carbocycles. The van der Waals surface area contributed by atoms with Gasteiger partial charge in [-0.3, -0.25) is 14.2 Å². The van der Waals surface area contributed by atoms with Gasteiger partial charge >= 0.3 is 0 Å². The minimum absolute atomic E-state index is 0.0971. The minimum Gasteiger partial charge on any atom is -0.495 e. The molecular weight excluding hydrogens is 385 g/mol. The van der Waals surface area contributed by atoms with Crippen molar-refractivity contribution in [2.24, 2.45) is 0 Å². The van der Waals surface area contributed by atoms with Gasteiger partial charge in [-0.05, 0) is 41.6 Å². The third-order valence-corrected chi connectivity index (χ3v) is 4.09. The molecule has 2 rings (SSSR count). The van der Waals surface area contributed by atoms with Crippen LogP contribution in [0.3, 0.4) is 0 Å². The van der Waals surface area contributed by atoms with Crippen molar-refractivity contribution in [2.45, 2.75) is 13.5 Å². The molecule has 0 spiro atoms. The summed E-state index contributed by atoms with van der Waals surface area (Å²) in [6.07, 6.45) is 1.38. The molecule has 1 amide bonds. The number of para-hydroxylation sites is 2. The summed E-state index contributed by atoms with van der Waals surface area (Å²) in [6, 6.07) is 7.08. The summed E-state index contributed by atoms with van der Waals surface area (Å²) in [7, 11) is 1.53. The fourth-order valence-corrected chi connectivity index (χ4v) is 2.20. The maximum absolute atomic E-state index is 12.0. The average molecular weight is 399 g/mol. The predicted molar refractivity (Wildman–Crippen MR) is 87.6 cm³/mol. The van der Waals surface area contributed by atoms with E-state index in [9.17, 15) is 9.59 Å². The van der Waals surface area contributed by atoms with Gasteiger partial charge in [-0.1, -0.05) is 12.1 Å². The van der Waals surface area contributed by atoms with Crippen LogP contribution in [0.2, 0.25) is 0 Å². The van der Waals surface area contributed by atoms with Crippen LogP contribution < -0.4 is 15.6 Å². The van der Waals surface area contributed by atoms with E-state index < -0.39 is 0 Å². The number of hydrogen-bond donors (Lipinski definition) is 1. The lowest BCUT2D eigenvalue weighted by molar-refractivity contribution is -0.116. The van der Waals surface area contributed by atoms with Crippen molar-refractivity contribution in [1.29, 1.82) is 0 Å². The van der Waals surface area contributed by atoms with Gasteiger partial charge in [0, 0.05) is 0 Å². The molecule has 110 valence electrons. The van der Waals surface area contributed by atoms with Gasteiger partial charge < -0.3 is 10.1 Å². The molecule has 0 fully saturated rings. The molecule has 1 aromatic carbocycles. The average Bonchev–Trinajstić information content (AvgIpc) is 2.48. The zero-order chi connectivity index (χ0) is 15.4. The van der Waals surface area contributed by atoms with Crippen molar-refractivity contribution in [3.63, 3.8) is 0 Å². The van der Waals surface area contributed by atoms with Crippen LogP contribution >= 0.6 is 22.6 Å². The van der Waals surface area contributed by atoms with Gasteiger partial charge in [0.15, 0.2) is 0 Å². The highest BCUT2D eigenvalue weighted by Crippen LogP contribution is 2.22. The number of anilines is 1. The molecule has 0 aliphatic heterocycles. The monoisotopic (exact) mass is 399 g/mol. The first kappa shape index (κ1) is 15.5. The Labute approximate surface area is 135 Å². The van der Waals surface area contributed by atoms with Crippen molar-refractivity contribution < 1.29 is 9.53 Å². The molecule has 2 aromatic rings. The highest BCUT2D eigenvalue weighted by Gasteiger charge is 2.11. The van der Waals surface area contributed by atoms with Crippen molar-refractivity contribution in [3.8, 4) is 5.75 Å². The summed E-state index contributed by atoms with van der Waals surface area (Å²) >= 11 is 1.93. The Morgan fingerprint density at radius 2 is 2.14 bits per heavy atom. The molecule has 0 radical (unpaired) electrons. The highest BCUT2D eigenvalue weighted by molar-refractivity contribution is 14.1. The van der Waals surface area contributed by atoms with Crippen LogP contribution in [0.15, 0.2) is 35.4 Å². The van der Waals surface area contributed by atoms with Crippen molar-refractivity contribution in [3.05, 3.63) is 50.2 Å². The number of rotatable bonds is 4. The van der Waals surface area contributed by atoms with Crippen LogP contribution in [0.1, 0.15) is 5.69 Å². The van der Waals surface area contributed by atoms with Gasteiger partial charge in [0.1, 0.15) is 12.3 Å². The van der Waals surface area contributed by atoms with Gasteiger partial charge in [-0.2, -0.15) is 0 Å². The summed E-state index contributed by atoms with van der Waals surface area (Å²) in [5.41, 5.74) is 0.994. The number of carbonyl (C=O) groups is 1. The molecule has 6 nitrogen and oxygen atoms in total. The van der Waals surface area contributed by atoms with Crippen LogP contribution in [-0.2, 0) is 11.3 Å². The zero-order valence-corrected chi connectivity index (χ0v) is 13.7. The van der Waals surface area contributed by atoms with Gasteiger partial charge in [0.2, 0.25) is 5.91 Å². The summed E-state index contributed by atoms with van der Waals surface area (Å²) in [5.74, 6) is 0.248. The van der Waals surface area contributed by atoms with Crippen LogP contribution in [0.5, 0.6) is 5.75 Å². The lowest BCUT2D eigenvalue weighted by atomic mass is 10.3. The first-order valence-corrected chi connectivity index (χ1v) is 7.25.